The van der Waals surface area contributed by atoms with Crippen molar-refractivity contribution >= 4 is 11.9 Å². The molecule has 0 aromatic carbocycles. The van der Waals surface area contributed by atoms with E-state index in [2.05, 4.69) is 16.2 Å². The number of carbonyl (C=O) groups is 1. The first kappa shape index (κ1) is 8.82. The third kappa shape index (κ3) is 1.49. The molecule has 0 aliphatic heterocycles. The van der Waals surface area contributed by atoms with E-state index >= 15 is 0 Å². The van der Waals surface area contributed by atoms with Crippen LogP contribution in [-0.4, -0.2) is 15.5 Å². The summed E-state index contributed by atoms with van der Waals surface area (Å²) in [4.78, 5) is 15.4. The normalized spacial score (nSPS) is 14.9. The summed E-state index contributed by atoms with van der Waals surface area (Å²) in [5, 5.41) is 2.74. The first-order valence-electron chi connectivity index (χ1n) is 4.51. The average molecular weight is 189 g/mol. The van der Waals surface area contributed by atoms with Crippen LogP contribution in [0.1, 0.15) is 18.5 Å². The fraction of sp³-hybridized carbons (Fsp3) is 0.400. The van der Waals surface area contributed by atoms with Gasteiger partial charge >= 0.3 is 0 Å². The third-order valence-corrected chi connectivity index (χ3v) is 2.32. The molecule has 1 saturated carbocycles. The Labute approximate surface area is 82.3 Å². The molecule has 2 rings (SSSR count). The number of hydrogen-bond acceptors (Lipinski definition) is 2. The van der Waals surface area contributed by atoms with Crippen molar-refractivity contribution in [3.63, 3.8) is 0 Å². The molecule has 1 aromatic heterocycles. The van der Waals surface area contributed by atoms with Gasteiger partial charge in [-0.1, -0.05) is 5.92 Å². The number of nitrogens with one attached hydrogen (secondary N) is 1. The van der Waals surface area contributed by atoms with Gasteiger partial charge in [0.1, 0.15) is 5.69 Å². The highest BCUT2D eigenvalue weighted by molar-refractivity contribution is 5.92. The van der Waals surface area contributed by atoms with E-state index in [9.17, 15) is 4.79 Å². The standard InChI is InChI=1S/C10H11N3O/c1-3-8-6-11-10(13(8)2)12-9(14)7-4-5-7/h1,6-7H,4-5H2,2H3,(H,11,12,14). The van der Waals surface area contributed by atoms with Crippen molar-refractivity contribution < 1.29 is 4.79 Å². The van der Waals surface area contributed by atoms with Crippen molar-refractivity contribution in [3.8, 4) is 12.3 Å². The van der Waals surface area contributed by atoms with Crippen LogP contribution in [0.25, 0.3) is 0 Å². The second kappa shape index (κ2) is 3.18. The van der Waals surface area contributed by atoms with Crippen LogP contribution >= 0.6 is 0 Å². The number of terminal acetylenes is 1. The zero-order valence-corrected chi connectivity index (χ0v) is 7.95. The summed E-state index contributed by atoms with van der Waals surface area (Å²) in [5.74, 6) is 3.23. The van der Waals surface area contributed by atoms with Crippen molar-refractivity contribution in [2.45, 2.75) is 12.8 Å². The highest BCUT2D eigenvalue weighted by atomic mass is 16.2. The quantitative estimate of drug-likeness (QED) is 0.698. The summed E-state index contributed by atoms with van der Waals surface area (Å²) in [6, 6.07) is 0. The first-order chi connectivity index (χ1) is 6.72. The maximum Gasteiger partial charge on any atom is 0.229 e. The minimum absolute atomic E-state index is 0.0438. The molecule has 72 valence electrons. The van der Waals surface area contributed by atoms with Crippen LogP contribution in [0.4, 0.5) is 5.95 Å². The summed E-state index contributed by atoms with van der Waals surface area (Å²) in [7, 11) is 1.78. The van der Waals surface area contributed by atoms with Crippen LogP contribution in [-0.2, 0) is 11.8 Å². The Morgan fingerprint density at radius 3 is 3.00 bits per heavy atom. The molecule has 1 aliphatic rings. The monoisotopic (exact) mass is 189 g/mol. The van der Waals surface area contributed by atoms with E-state index in [1.807, 2.05) is 0 Å². The van der Waals surface area contributed by atoms with E-state index in [0.717, 1.165) is 12.8 Å². The van der Waals surface area contributed by atoms with E-state index in [1.165, 1.54) is 0 Å². The van der Waals surface area contributed by atoms with Gasteiger partial charge in [-0.15, -0.1) is 6.42 Å². The topological polar surface area (TPSA) is 46.9 Å². The predicted octanol–water partition coefficient (Wildman–Crippen LogP) is 0.750. The van der Waals surface area contributed by atoms with E-state index in [0.29, 0.717) is 11.6 Å². The molecule has 1 aliphatic carbocycles. The maximum atomic E-state index is 11.4. The lowest BCUT2D eigenvalue weighted by atomic mass is 10.4. The molecule has 4 heteroatoms. The molecule has 1 fully saturated rings. The summed E-state index contributed by atoms with van der Waals surface area (Å²) in [5.41, 5.74) is 0.663. The second-order valence-electron chi connectivity index (χ2n) is 3.43. The van der Waals surface area contributed by atoms with E-state index in [4.69, 9.17) is 6.42 Å². The van der Waals surface area contributed by atoms with E-state index in [1.54, 1.807) is 17.8 Å². The number of aromatic nitrogens is 2. The van der Waals surface area contributed by atoms with Crippen molar-refractivity contribution in [1.82, 2.24) is 9.55 Å². The molecule has 1 heterocycles. The maximum absolute atomic E-state index is 11.4. The van der Waals surface area contributed by atoms with E-state index in [-0.39, 0.29) is 11.8 Å². The molecule has 0 unspecified atom stereocenters. The van der Waals surface area contributed by atoms with Gasteiger partial charge in [0, 0.05) is 13.0 Å². The Kier molecular flexibility index (Phi) is 2.01. The summed E-state index contributed by atoms with van der Waals surface area (Å²) >= 11 is 0. The lowest BCUT2D eigenvalue weighted by molar-refractivity contribution is -0.117. The van der Waals surface area contributed by atoms with Crippen molar-refractivity contribution in [3.05, 3.63) is 11.9 Å². The largest absolute Gasteiger partial charge is 0.307 e. The van der Waals surface area contributed by atoms with Gasteiger partial charge in [-0.2, -0.15) is 0 Å². The number of hydrogen-bond donors (Lipinski definition) is 1. The minimum Gasteiger partial charge on any atom is -0.307 e. The van der Waals surface area contributed by atoms with Gasteiger partial charge in [0.15, 0.2) is 0 Å². The number of amides is 1. The molecule has 0 bridgehead atoms. The highest BCUT2D eigenvalue weighted by Crippen LogP contribution is 2.29. The van der Waals surface area contributed by atoms with Gasteiger partial charge in [-0.25, -0.2) is 4.98 Å². The third-order valence-electron chi connectivity index (χ3n) is 2.32. The lowest BCUT2D eigenvalue weighted by Crippen LogP contribution is -2.16. The SMILES string of the molecule is C#Cc1cnc(NC(=O)C2CC2)n1C. The number of imidazole rings is 1. The molecule has 0 radical (unpaired) electrons. The Morgan fingerprint density at radius 2 is 2.50 bits per heavy atom. The van der Waals surface area contributed by atoms with Crippen LogP contribution in [0, 0.1) is 18.3 Å². The van der Waals surface area contributed by atoms with Gasteiger partial charge in [-0.05, 0) is 12.8 Å². The van der Waals surface area contributed by atoms with Gasteiger partial charge in [0.05, 0.1) is 6.20 Å². The molecule has 0 saturated heterocycles. The highest BCUT2D eigenvalue weighted by Gasteiger charge is 2.30. The molecule has 1 N–H and O–H groups in total. The van der Waals surface area contributed by atoms with Gasteiger partial charge in [0.2, 0.25) is 11.9 Å². The van der Waals surface area contributed by atoms with Crippen LogP contribution in [0.15, 0.2) is 6.20 Å². The Bertz CT molecular complexity index is 409. The number of rotatable bonds is 2. The van der Waals surface area contributed by atoms with Crippen molar-refractivity contribution in [2.75, 3.05) is 5.32 Å². The number of nitrogens with zero attached hydrogens (tertiary/aromatic N) is 2. The Hall–Kier alpha value is -1.76. The zero-order valence-electron chi connectivity index (χ0n) is 7.95. The Balaban J connectivity index is 2.13. The molecule has 0 spiro atoms. The van der Waals surface area contributed by atoms with Gasteiger partial charge in [0.25, 0.3) is 0 Å². The van der Waals surface area contributed by atoms with Crippen molar-refractivity contribution in [1.29, 1.82) is 0 Å². The molecule has 4 nitrogen and oxygen atoms in total. The van der Waals surface area contributed by atoms with Crippen LogP contribution in [0.5, 0.6) is 0 Å². The molecule has 1 amide bonds. The number of anilines is 1. The fourth-order valence-electron chi connectivity index (χ4n) is 1.22. The second-order valence-corrected chi connectivity index (χ2v) is 3.43. The lowest BCUT2D eigenvalue weighted by Gasteiger charge is -2.03. The Morgan fingerprint density at radius 1 is 1.79 bits per heavy atom. The summed E-state index contributed by atoms with van der Waals surface area (Å²) in [6.07, 6.45) is 8.78. The smallest absolute Gasteiger partial charge is 0.229 e. The average Bonchev–Trinajstić information content (AvgIpc) is 2.95. The molecule has 1 aromatic rings. The van der Waals surface area contributed by atoms with Crippen molar-refractivity contribution in [2.24, 2.45) is 13.0 Å². The van der Waals surface area contributed by atoms with Gasteiger partial charge in [-0.3, -0.25) is 10.1 Å². The number of carbonyl (C=O) groups excluding carboxylic acids is 1. The molecule has 14 heavy (non-hydrogen) atoms. The van der Waals surface area contributed by atoms with E-state index < -0.39 is 0 Å². The van der Waals surface area contributed by atoms with Crippen LogP contribution in [0.3, 0.4) is 0 Å². The fourth-order valence-corrected chi connectivity index (χ4v) is 1.22. The van der Waals surface area contributed by atoms with Crippen LogP contribution < -0.4 is 5.32 Å². The summed E-state index contributed by atoms with van der Waals surface area (Å²) < 4.78 is 1.69. The minimum atomic E-state index is 0.0438. The molecular formula is C10H11N3O. The summed E-state index contributed by atoms with van der Waals surface area (Å²) in [6.45, 7) is 0. The molecular weight excluding hydrogens is 178 g/mol. The zero-order chi connectivity index (χ0) is 10.1. The molecule has 0 atom stereocenters. The van der Waals surface area contributed by atoms with Gasteiger partial charge < -0.3 is 4.57 Å². The first-order valence-corrected chi connectivity index (χ1v) is 4.51. The predicted molar refractivity (Wildman–Crippen MR) is 52.5 cm³/mol. The van der Waals surface area contributed by atoms with Crippen LogP contribution in [0.2, 0.25) is 0 Å².